The molecule has 2 heterocycles. The van der Waals surface area contributed by atoms with Gasteiger partial charge >= 0.3 is 11.9 Å². The van der Waals surface area contributed by atoms with Crippen LogP contribution in [0.1, 0.15) is 55.9 Å². The lowest BCUT2D eigenvalue weighted by atomic mass is 10.0. The zero-order chi connectivity index (χ0) is 24.0. The highest BCUT2D eigenvalue weighted by Crippen LogP contribution is 2.30. The number of aromatic nitrogens is 2. The van der Waals surface area contributed by atoms with Gasteiger partial charge in [0.1, 0.15) is 5.52 Å². The molecule has 1 aliphatic carbocycles. The quantitative estimate of drug-likeness (QED) is 0.547. The van der Waals surface area contributed by atoms with E-state index in [0.717, 1.165) is 42.8 Å². The van der Waals surface area contributed by atoms with E-state index in [9.17, 15) is 14.4 Å². The van der Waals surface area contributed by atoms with Crippen LogP contribution in [0.5, 0.6) is 0 Å². The van der Waals surface area contributed by atoms with Gasteiger partial charge in [-0.15, -0.1) is 0 Å². The van der Waals surface area contributed by atoms with E-state index in [1.807, 2.05) is 29.1 Å². The summed E-state index contributed by atoms with van der Waals surface area (Å²) < 4.78 is 1.93. The predicted molar refractivity (Wildman–Crippen MR) is 124 cm³/mol. The molecule has 0 unspecified atom stereocenters. The summed E-state index contributed by atoms with van der Waals surface area (Å²) in [5.74, 6) is -1.56. The molecule has 0 bridgehead atoms. The highest BCUT2D eigenvalue weighted by atomic mass is 16.4. The van der Waals surface area contributed by atoms with Gasteiger partial charge in [-0.3, -0.25) is 9.48 Å². The normalized spacial score (nSPS) is 17.2. The molecule has 0 atom stereocenters. The first kappa shape index (κ1) is 24.4. The molecule has 1 aromatic heterocycles. The van der Waals surface area contributed by atoms with Crippen molar-refractivity contribution in [3.05, 3.63) is 42.1 Å². The molecule has 1 amide bonds. The van der Waals surface area contributed by atoms with Crippen molar-refractivity contribution >= 4 is 28.7 Å². The number of rotatable bonds is 7. The highest BCUT2D eigenvalue weighted by Gasteiger charge is 2.28. The van der Waals surface area contributed by atoms with Crippen LogP contribution in [0.4, 0.5) is 0 Å². The fourth-order valence-corrected chi connectivity index (χ4v) is 3.84. The SMILES string of the molecule is CC(C)n1cc2cccc(C(=O)NC3CCN(CC4CC4)CC3)c2n1.O=C(O)C=CC(=O)O. The molecule has 2 aliphatic rings. The van der Waals surface area contributed by atoms with Crippen LogP contribution in [-0.2, 0) is 9.59 Å². The third-order valence-electron chi connectivity index (χ3n) is 5.83. The molecule has 3 N–H and O–H groups in total. The van der Waals surface area contributed by atoms with E-state index >= 15 is 0 Å². The number of hydrogen-bond donors (Lipinski definition) is 3. The van der Waals surface area contributed by atoms with Gasteiger partial charge in [0, 0.05) is 55.5 Å². The van der Waals surface area contributed by atoms with Gasteiger partial charge in [-0.2, -0.15) is 5.10 Å². The molecule has 33 heavy (non-hydrogen) atoms. The molecule has 9 nitrogen and oxygen atoms in total. The van der Waals surface area contributed by atoms with Crippen molar-refractivity contribution in [1.82, 2.24) is 20.0 Å². The van der Waals surface area contributed by atoms with Crippen LogP contribution in [0.25, 0.3) is 10.9 Å². The van der Waals surface area contributed by atoms with Crippen LogP contribution in [0, 0.1) is 5.92 Å². The Hall–Kier alpha value is -3.20. The van der Waals surface area contributed by atoms with Crippen molar-refractivity contribution < 1.29 is 24.6 Å². The summed E-state index contributed by atoms with van der Waals surface area (Å²) in [5, 5.41) is 24.5. The Morgan fingerprint density at radius 3 is 2.27 bits per heavy atom. The van der Waals surface area contributed by atoms with Crippen molar-refractivity contribution in [2.24, 2.45) is 5.92 Å². The molecule has 4 rings (SSSR count). The van der Waals surface area contributed by atoms with Crippen LogP contribution in [0.3, 0.4) is 0 Å². The van der Waals surface area contributed by atoms with E-state index in [4.69, 9.17) is 10.2 Å². The minimum absolute atomic E-state index is 0.0141. The monoisotopic (exact) mass is 456 g/mol. The molecule has 2 fully saturated rings. The van der Waals surface area contributed by atoms with Gasteiger partial charge in [0.2, 0.25) is 0 Å². The lowest BCUT2D eigenvalue weighted by Gasteiger charge is -2.32. The van der Waals surface area contributed by atoms with E-state index in [1.165, 1.54) is 19.4 Å². The zero-order valence-electron chi connectivity index (χ0n) is 19.1. The first-order valence-electron chi connectivity index (χ1n) is 11.4. The van der Waals surface area contributed by atoms with E-state index in [1.54, 1.807) is 0 Å². The Labute approximate surface area is 193 Å². The second-order valence-electron chi connectivity index (χ2n) is 8.95. The Balaban J connectivity index is 0.000000331. The topological polar surface area (TPSA) is 125 Å². The maximum Gasteiger partial charge on any atom is 0.328 e. The number of carboxylic acids is 2. The third-order valence-corrected chi connectivity index (χ3v) is 5.83. The number of nitrogens with zero attached hydrogens (tertiary/aromatic N) is 3. The van der Waals surface area contributed by atoms with Crippen LogP contribution < -0.4 is 5.32 Å². The maximum atomic E-state index is 12.8. The molecule has 1 saturated carbocycles. The molecule has 1 aromatic carbocycles. The number of amides is 1. The van der Waals surface area contributed by atoms with Crippen LogP contribution in [0.15, 0.2) is 36.5 Å². The zero-order valence-corrected chi connectivity index (χ0v) is 19.1. The molecule has 0 radical (unpaired) electrons. The summed E-state index contributed by atoms with van der Waals surface area (Å²) in [4.78, 5) is 34.5. The van der Waals surface area contributed by atoms with Gasteiger partial charge < -0.3 is 20.4 Å². The first-order chi connectivity index (χ1) is 15.7. The summed E-state index contributed by atoms with van der Waals surface area (Å²) in [6.45, 7) is 7.66. The van der Waals surface area contributed by atoms with Crippen molar-refractivity contribution in [3.8, 4) is 0 Å². The molecule has 1 aliphatic heterocycles. The number of hydrogen-bond acceptors (Lipinski definition) is 5. The minimum Gasteiger partial charge on any atom is -0.478 e. The molecule has 0 spiro atoms. The standard InChI is InChI=1S/C20H28N4O.C4H4O4/c1-14(2)24-13-16-4-3-5-18(19(16)22-24)20(25)21-17-8-10-23(11-9-17)12-15-6-7-15;5-3(6)1-2-4(7)8/h3-5,13-15,17H,6-12H2,1-2H3,(H,21,25);1-2H,(H,5,6)(H,7,8). The molecule has 9 heteroatoms. The van der Waals surface area contributed by atoms with Gasteiger partial charge in [-0.25, -0.2) is 9.59 Å². The lowest BCUT2D eigenvalue weighted by molar-refractivity contribution is -0.134. The average Bonchev–Trinajstić information content (AvgIpc) is 3.47. The minimum atomic E-state index is -1.26. The number of piperidine rings is 1. The van der Waals surface area contributed by atoms with E-state index in [0.29, 0.717) is 23.8 Å². The van der Waals surface area contributed by atoms with Gasteiger partial charge in [0.25, 0.3) is 5.91 Å². The van der Waals surface area contributed by atoms with Crippen LogP contribution >= 0.6 is 0 Å². The largest absolute Gasteiger partial charge is 0.478 e. The van der Waals surface area contributed by atoms with E-state index in [2.05, 4.69) is 29.2 Å². The molecule has 2 aromatic rings. The third kappa shape index (κ3) is 7.42. The second-order valence-corrected chi connectivity index (χ2v) is 8.95. The van der Waals surface area contributed by atoms with Crippen molar-refractivity contribution in [2.45, 2.75) is 51.6 Å². The number of aliphatic carboxylic acids is 2. The van der Waals surface area contributed by atoms with Crippen molar-refractivity contribution in [1.29, 1.82) is 0 Å². The predicted octanol–water partition coefficient (Wildman–Crippen LogP) is 2.93. The second kappa shape index (κ2) is 11.1. The average molecular weight is 457 g/mol. The number of benzene rings is 1. The van der Waals surface area contributed by atoms with Crippen LogP contribution in [0.2, 0.25) is 0 Å². The number of nitrogens with one attached hydrogen (secondary N) is 1. The maximum absolute atomic E-state index is 12.8. The van der Waals surface area contributed by atoms with Crippen molar-refractivity contribution in [3.63, 3.8) is 0 Å². The smallest absolute Gasteiger partial charge is 0.328 e. The Morgan fingerprint density at radius 2 is 1.73 bits per heavy atom. The Morgan fingerprint density at radius 1 is 1.09 bits per heavy atom. The Kier molecular flexibility index (Phi) is 8.21. The summed E-state index contributed by atoms with van der Waals surface area (Å²) in [5.41, 5.74) is 1.50. The summed E-state index contributed by atoms with van der Waals surface area (Å²) in [6.07, 6.45) is 8.05. The fraction of sp³-hybridized carbons (Fsp3) is 0.500. The van der Waals surface area contributed by atoms with Gasteiger partial charge in [0.05, 0.1) is 5.56 Å². The summed E-state index contributed by atoms with van der Waals surface area (Å²) >= 11 is 0. The summed E-state index contributed by atoms with van der Waals surface area (Å²) in [6, 6.07) is 6.43. The van der Waals surface area contributed by atoms with Gasteiger partial charge in [-0.05, 0) is 51.5 Å². The number of carbonyl (C=O) groups is 3. The molecule has 178 valence electrons. The summed E-state index contributed by atoms with van der Waals surface area (Å²) in [7, 11) is 0. The van der Waals surface area contributed by atoms with E-state index < -0.39 is 11.9 Å². The number of likely N-dealkylation sites (tertiary alicyclic amines) is 1. The van der Waals surface area contributed by atoms with Crippen molar-refractivity contribution in [2.75, 3.05) is 19.6 Å². The Bertz CT molecular complexity index is 1000. The first-order valence-corrected chi connectivity index (χ1v) is 11.4. The molecule has 1 saturated heterocycles. The van der Waals surface area contributed by atoms with Gasteiger partial charge in [-0.1, -0.05) is 12.1 Å². The highest BCUT2D eigenvalue weighted by molar-refractivity contribution is 6.05. The number of carboxylic acid groups (broad SMARTS) is 2. The van der Waals surface area contributed by atoms with E-state index in [-0.39, 0.29) is 11.9 Å². The lowest BCUT2D eigenvalue weighted by Crippen LogP contribution is -2.45. The van der Waals surface area contributed by atoms with Gasteiger partial charge in [0.15, 0.2) is 0 Å². The fourth-order valence-electron chi connectivity index (χ4n) is 3.84. The number of fused-ring (bicyclic) bond motifs is 1. The molecular weight excluding hydrogens is 424 g/mol. The number of carbonyl (C=O) groups excluding carboxylic acids is 1. The van der Waals surface area contributed by atoms with Crippen LogP contribution in [-0.4, -0.2) is 68.4 Å². The molecular formula is C24H32N4O5.